The van der Waals surface area contributed by atoms with E-state index in [-0.39, 0.29) is 0 Å². The number of likely N-dealkylation sites (N-methyl/N-ethyl adjacent to an activating group) is 1. The van der Waals surface area contributed by atoms with E-state index in [1.165, 1.54) is 19.4 Å². The molecule has 0 atom stereocenters. The molecule has 0 aromatic carbocycles. The van der Waals surface area contributed by atoms with Crippen LogP contribution in [0.2, 0.25) is 0 Å². The summed E-state index contributed by atoms with van der Waals surface area (Å²) < 4.78 is 1.81. The number of aryl methyl sites for hydroxylation is 1. The number of aromatic nitrogens is 3. The van der Waals surface area contributed by atoms with E-state index in [0.29, 0.717) is 0 Å². The lowest BCUT2D eigenvalue weighted by Crippen LogP contribution is -2.33. The van der Waals surface area contributed by atoms with Crippen molar-refractivity contribution in [2.45, 2.75) is 32.4 Å². The van der Waals surface area contributed by atoms with Gasteiger partial charge in [0.15, 0.2) is 0 Å². The molecule has 1 aromatic heterocycles. The lowest BCUT2D eigenvalue weighted by atomic mass is 10.4. The molecule has 1 aliphatic rings. The highest BCUT2D eigenvalue weighted by Gasteiger charge is 2.26. The molecule has 90 valence electrons. The molecule has 1 saturated carbocycles. The molecule has 0 saturated heterocycles. The van der Waals surface area contributed by atoms with Crippen molar-refractivity contribution in [3.8, 4) is 0 Å². The van der Waals surface area contributed by atoms with Crippen LogP contribution in [0.4, 0.5) is 0 Å². The van der Waals surface area contributed by atoms with Crippen molar-refractivity contribution in [3.05, 3.63) is 11.9 Å². The van der Waals surface area contributed by atoms with Gasteiger partial charge in [0.05, 0.1) is 11.9 Å². The van der Waals surface area contributed by atoms with Crippen molar-refractivity contribution in [1.29, 1.82) is 0 Å². The molecule has 2 rings (SSSR count). The molecule has 5 heteroatoms. The van der Waals surface area contributed by atoms with Gasteiger partial charge >= 0.3 is 0 Å². The summed E-state index contributed by atoms with van der Waals surface area (Å²) in [4.78, 5) is 2.55. The second-order valence-electron chi connectivity index (χ2n) is 4.39. The fourth-order valence-corrected chi connectivity index (χ4v) is 1.95. The van der Waals surface area contributed by atoms with Gasteiger partial charge in [-0.3, -0.25) is 9.58 Å². The van der Waals surface area contributed by atoms with Gasteiger partial charge in [-0.1, -0.05) is 12.1 Å². The van der Waals surface area contributed by atoms with Gasteiger partial charge in [0.2, 0.25) is 0 Å². The Morgan fingerprint density at radius 1 is 1.56 bits per heavy atom. The summed E-state index contributed by atoms with van der Waals surface area (Å²) in [6.45, 7) is 6.44. The van der Waals surface area contributed by atoms with E-state index < -0.39 is 0 Å². The summed E-state index contributed by atoms with van der Waals surface area (Å²) in [7, 11) is 1.92. The number of nitrogens with zero attached hydrogens (tertiary/aromatic N) is 4. The third-order valence-corrected chi connectivity index (χ3v) is 3.16. The van der Waals surface area contributed by atoms with E-state index in [1.54, 1.807) is 0 Å². The SMILES string of the molecule is CCN(CCNCc1cnnn1C)C1CC1. The quantitative estimate of drug-likeness (QED) is 0.679. The molecule has 0 aliphatic heterocycles. The summed E-state index contributed by atoms with van der Waals surface area (Å²) in [5, 5.41) is 11.2. The standard InChI is InChI=1S/C11H21N5/c1-3-16(10-4-5-10)7-6-12-8-11-9-13-14-15(11)2/h9-10,12H,3-8H2,1-2H3. The van der Waals surface area contributed by atoms with E-state index in [1.807, 2.05) is 17.9 Å². The highest BCUT2D eigenvalue weighted by Crippen LogP contribution is 2.25. The van der Waals surface area contributed by atoms with Crippen LogP contribution in [0.25, 0.3) is 0 Å². The molecule has 5 nitrogen and oxygen atoms in total. The predicted octanol–water partition coefficient (Wildman–Crippen LogP) is 0.389. The third-order valence-electron chi connectivity index (χ3n) is 3.16. The second-order valence-corrected chi connectivity index (χ2v) is 4.39. The Balaban J connectivity index is 1.62. The first-order valence-electron chi connectivity index (χ1n) is 6.09. The molecule has 1 aliphatic carbocycles. The van der Waals surface area contributed by atoms with Gasteiger partial charge < -0.3 is 5.32 Å². The maximum atomic E-state index is 3.90. The highest BCUT2D eigenvalue weighted by molar-refractivity contribution is 4.92. The zero-order valence-corrected chi connectivity index (χ0v) is 10.2. The van der Waals surface area contributed by atoms with Crippen molar-refractivity contribution in [2.24, 2.45) is 7.05 Å². The molecule has 0 spiro atoms. The van der Waals surface area contributed by atoms with Crippen LogP contribution in [0.5, 0.6) is 0 Å². The van der Waals surface area contributed by atoms with Crippen molar-refractivity contribution >= 4 is 0 Å². The van der Waals surface area contributed by atoms with E-state index in [9.17, 15) is 0 Å². The summed E-state index contributed by atoms with van der Waals surface area (Å²) >= 11 is 0. The highest BCUT2D eigenvalue weighted by atomic mass is 15.4. The molecule has 16 heavy (non-hydrogen) atoms. The first-order chi connectivity index (χ1) is 7.81. The van der Waals surface area contributed by atoms with Crippen molar-refractivity contribution in [3.63, 3.8) is 0 Å². The fourth-order valence-electron chi connectivity index (χ4n) is 1.95. The predicted molar refractivity (Wildman–Crippen MR) is 63.0 cm³/mol. The maximum absolute atomic E-state index is 3.90. The Hall–Kier alpha value is -0.940. The van der Waals surface area contributed by atoms with Gasteiger partial charge in [0, 0.05) is 32.7 Å². The number of hydrogen-bond donors (Lipinski definition) is 1. The van der Waals surface area contributed by atoms with Crippen LogP contribution < -0.4 is 5.32 Å². The summed E-state index contributed by atoms with van der Waals surface area (Å²) in [6, 6.07) is 0.866. The topological polar surface area (TPSA) is 46.0 Å². The molecule has 0 unspecified atom stereocenters. The minimum Gasteiger partial charge on any atom is -0.310 e. The number of rotatable bonds is 7. The van der Waals surface area contributed by atoms with Crippen molar-refractivity contribution in [2.75, 3.05) is 19.6 Å². The van der Waals surface area contributed by atoms with E-state index >= 15 is 0 Å². The first kappa shape index (κ1) is 11.5. The largest absolute Gasteiger partial charge is 0.310 e. The Kier molecular flexibility index (Phi) is 3.90. The molecule has 1 N–H and O–H groups in total. The van der Waals surface area contributed by atoms with Crippen LogP contribution >= 0.6 is 0 Å². The van der Waals surface area contributed by atoms with Crippen LogP contribution in [-0.2, 0) is 13.6 Å². The van der Waals surface area contributed by atoms with Gasteiger partial charge in [-0.25, -0.2) is 0 Å². The van der Waals surface area contributed by atoms with Gasteiger partial charge in [-0.2, -0.15) is 0 Å². The van der Waals surface area contributed by atoms with E-state index in [4.69, 9.17) is 0 Å². The minimum atomic E-state index is 0.853. The molecule has 1 heterocycles. The van der Waals surface area contributed by atoms with E-state index in [0.717, 1.165) is 31.4 Å². The van der Waals surface area contributed by atoms with Crippen molar-refractivity contribution < 1.29 is 0 Å². The Bertz CT molecular complexity index is 318. The number of hydrogen-bond acceptors (Lipinski definition) is 4. The fraction of sp³-hybridized carbons (Fsp3) is 0.818. The molecule has 1 fully saturated rings. The summed E-state index contributed by atoms with van der Waals surface area (Å²) in [5.74, 6) is 0. The first-order valence-corrected chi connectivity index (χ1v) is 6.09. The Labute approximate surface area is 96.8 Å². The summed E-state index contributed by atoms with van der Waals surface area (Å²) in [6.07, 6.45) is 4.59. The van der Waals surface area contributed by atoms with Crippen LogP contribution in [0.3, 0.4) is 0 Å². The van der Waals surface area contributed by atoms with E-state index in [2.05, 4.69) is 27.5 Å². The van der Waals surface area contributed by atoms with Crippen LogP contribution in [-0.4, -0.2) is 45.6 Å². The second kappa shape index (κ2) is 5.41. The Morgan fingerprint density at radius 3 is 2.94 bits per heavy atom. The van der Waals surface area contributed by atoms with Gasteiger partial charge in [-0.15, -0.1) is 5.10 Å². The molecule has 0 bridgehead atoms. The average Bonchev–Trinajstić information content (AvgIpc) is 3.04. The van der Waals surface area contributed by atoms with Crippen molar-refractivity contribution in [1.82, 2.24) is 25.2 Å². The average molecular weight is 223 g/mol. The third kappa shape index (κ3) is 3.02. The number of nitrogens with one attached hydrogen (secondary N) is 1. The normalized spacial score (nSPS) is 15.9. The monoisotopic (exact) mass is 223 g/mol. The maximum Gasteiger partial charge on any atom is 0.0738 e. The van der Waals surface area contributed by atoms with Gasteiger partial charge in [0.25, 0.3) is 0 Å². The van der Waals surface area contributed by atoms with Gasteiger partial charge in [-0.05, 0) is 19.4 Å². The zero-order chi connectivity index (χ0) is 11.4. The van der Waals surface area contributed by atoms with Crippen LogP contribution in [0, 0.1) is 0 Å². The molecular weight excluding hydrogens is 202 g/mol. The smallest absolute Gasteiger partial charge is 0.0738 e. The molecule has 0 radical (unpaired) electrons. The summed E-state index contributed by atoms with van der Waals surface area (Å²) in [5.41, 5.74) is 1.13. The minimum absolute atomic E-state index is 0.853. The molecular formula is C11H21N5. The van der Waals surface area contributed by atoms with Gasteiger partial charge in [0.1, 0.15) is 0 Å². The van der Waals surface area contributed by atoms with Crippen LogP contribution in [0.1, 0.15) is 25.5 Å². The Morgan fingerprint density at radius 2 is 2.38 bits per heavy atom. The lowest BCUT2D eigenvalue weighted by molar-refractivity contribution is 0.276. The molecule has 1 aromatic rings. The van der Waals surface area contributed by atoms with Crippen LogP contribution in [0.15, 0.2) is 6.20 Å². The zero-order valence-electron chi connectivity index (χ0n) is 10.2. The molecule has 0 amide bonds. The lowest BCUT2D eigenvalue weighted by Gasteiger charge is -2.19.